The van der Waals surface area contributed by atoms with E-state index < -0.39 is 0 Å². The average Bonchev–Trinajstić information content (AvgIpc) is 3.39. The zero-order valence-electron chi connectivity index (χ0n) is 16.9. The molecule has 6 nitrogen and oxygen atoms in total. The van der Waals surface area contributed by atoms with Gasteiger partial charge >= 0.3 is 4.87 Å². The summed E-state index contributed by atoms with van der Waals surface area (Å²) in [5.74, 6) is 3.00. The molecule has 1 saturated carbocycles. The van der Waals surface area contributed by atoms with Crippen LogP contribution in [0.25, 0.3) is 11.0 Å². The van der Waals surface area contributed by atoms with Gasteiger partial charge in [-0.05, 0) is 43.5 Å². The summed E-state index contributed by atoms with van der Waals surface area (Å²) < 4.78 is 12.0. The number of oxazole rings is 1. The molecule has 30 heavy (non-hydrogen) atoms. The number of aromatic amines is 1. The third kappa shape index (κ3) is 3.81. The number of hydrogen-bond donors (Lipinski definition) is 2. The van der Waals surface area contributed by atoms with Crippen LogP contribution in [0.5, 0.6) is 5.88 Å². The van der Waals surface area contributed by atoms with E-state index in [9.17, 15) is 9.90 Å². The van der Waals surface area contributed by atoms with Gasteiger partial charge in [0.1, 0.15) is 17.1 Å². The summed E-state index contributed by atoms with van der Waals surface area (Å²) >= 11 is 1.03. The molecule has 7 heteroatoms. The lowest BCUT2D eigenvalue weighted by atomic mass is 9.89. The van der Waals surface area contributed by atoms with E-state index in [4.69, 9.17) is 13.8 Å². The Bertz CT molecular complexity index is 1240. The number of furan rings is 1. The highest BCUT2D eigenvalue weighted by molar-refractivity contribution is 7.09. The number of aromatic hydroxyl groups is 1. The van der Waals surface area contributed by atoms with Crippen molar-refractivity contribution < 1.29 is 13.9 Å². The molecule has 1 aliphatic carbocycles. The summed E-state index contributed by atoms with van der Waals surface area (Å²) in [6, 6.07) is 7.97. The van der Waals surface area contributed by atoms with E-state index in [0.717, 1.165) is 63.8 Å². The first-order valence-electron chi connectivity index (χ1n) is 10.4. The molecule has 2 N–H and O–H groups in total. The Labute approximate surface area is 177 Å². The maximum Gasteiger partial charge on any atom is 0.307 e. The van der Waals surface area contributed by atoms with Crippen LogP contribution in [-0.2, 0) is 12.8 Å². The third-order valence-corrected chi connectivity index (χ3v) is 6.77. The smallest absolute Gasteiger partial charge is 0.307 e. The largest absolute Gasteiger partial charge is 0.494 e. The molecule has 0 bridgehead atoms. The maximum absolute atomic E-state index is 11.4. The van der Waals surface area contributed by atoms with Gasteiger partial charge in [0.25, 0.3) is 0 Å². The molecule has 3 aromatic heterocycles. The average molecular weight is 425 g/mol. The molecular weight excluding hydrogens is 400 g/mol. The van der Waals surface area contributed by atoms with Crippen LogP contribution < -0.4 is 4.87 Å². The Morgan fingerprint density at radius 1 is 1.17 bits per heavy atom. The van der Waals surface area contributed by atoms with Crippen LogP contribution in [-0.4, -0.2) is 15.1 Å². The van der Waals surface area contributed by atoms with E-state index in [1.807, 2.05) is 31.2 Å². The second-order valence-corrected chi connectivity index (χ2v) is 9.18. The number of fused-ring (bicyclic) bond motifs is 1. The summed E-state index contributed by atoms with van der Waals surface area (Å²) in [5.41, 5.74) is 2.77. The van der Waals surface area contributed by atoms with Gasteiger partial charge in [-0.3, -0.25) is 9.78 Å². The van der Waals surface area contributed by atoms with Crippen molar-refractivity contribution in [2.45, 2.75) is 57.8 Å². The number of aryl methyl sites for hydroxylation is 1. The third-order valence-electron chi connectivity index (χ3n) is 5.90. The first-order chi connectivity index (χ1) is 14.5. The predicted octanol–water partition coefficient (Wildman–Crippen LogP) is 5.41. The lowest BCUT2D eigenvalue weighted by molar-refractivity contribution is 0.356. The van der Waals surface area contributed by atoms with E-state index in [0.29, 0.717) is 23.6 Å². The topological polar surface area (TPSA) is 92.3 Å². The number of nitrogens with zero attached hydrogens (tertiary/aromatic N) is 1. The van der Waals surface area contributed by atoms with Crippen molar-refractivity contribution in [3.63, 3.8) is 0 Å². The summed E-state index contributed by atoms with van der Waals surface area (Å²) in [6.07, 6.45) is 7.25. The van der Waals surface area contributed by atoms with E-state index in [1.54, 1.807) is 0 Å². The number of thiazole rings is 1. The number of aromatic nitrogens is 2. The molecule has 0 atom stereocenters. The van der Waals surface area contributed by atoms with Crippen LogP contribution in [0.1, 0.15) is 71.6 Å². The van der Waals surface area contributed by atoms with Crippen molar-refractivity contribution >= 4 is 22.3 Å². The molecule has 0 amide bonds. The van der Waals surface area contributed by atoms with Crippen LogP contribution in [0, 0.1) is 6.92 Å². The number of hydrogen-bond acceptors (Lipinski definition) is 6. The second-order valence-electron chi connectivity index (χ2n) is 8.11. The van der Waals surface area contributed by atoms with Crippen molar-refractivity contribution in [2.24, 2.45) is 0 Å². The van der Waals surface area contributed by atoms with Crippen molar-refractivity contribution in [2.75, 3.05) is 0 Å². The monoisotopic (exact) mass is 424 g/mol. The zero-order chi connectivity index (χ0) is 20.7. The van der Waals surface area contributed by atoms with E-state index in [-0.39, 0.29) is 10.8 Å². The van der Waals surface area contributed by atoms with Crippen LogP contribution >= 0.6 is 11.3 Å². The molecule has 1 aliphatic rings. The van der Waals surface area contributed by atoms with Crippen LogP contribution in [0.4, 0.5) is 0 Å². The summed E-state index contributed by atoms with van der Waals surface area (Å²) in [5, 5.41) is 10.8. The van der Waals surface area contributed by atoms with Gasteiger partial charge in [0.15, 0.2) is 5.89 Å². The fourth-order valence-electron chi connectivity index (χ4n) is 4.31. The molecule has 3 heterocycles. The highest BCUT2D eigenvalue weighted by Gasteiger charge is 2.22. The fourth-order valence-corrected chi connectivity index (χ4v) is 5.06. The minimum Gasteiger partial charge on any atom is -0.494 e. The minimum atomic E-state index is -0.246. The molecule has 4 aromatic rings. The lowest BCUT2D eigenvalue weighted by Gasteiger charge is -2.17. The first kappa shape index (κ1) is 19.2. The fraction of sp³-hybridized carbons (Fsp3) is 0.391. The summed E-state index contributed by atoms with van der Waals surface area (Å²) in [6.45, 7) is 1.98. The van der Waals surface area contributed by atoms with Gasteiger partial charge in [0, 0.05) is 17.7 Å². The van der Waals surface area contributed by atoms with Gasteiger partial charge in [0.05, 0.1) is 17.0 Å². The van der Waals surface area contributed by atoms with Gasteiger partial charge in [-0.15, -0.1) is 0 Å². The van der Waals surface area contributed by atoms with E-state index in [2.05, 4.69) is 4.98 Å². The molecule has 5 rings (SSSR count). The molecule has 1 fully saturated rings. The highest BCUT2D eigenvalue weighted by Crippen LogP contribution is 2.33. The molecule has 0 aliphatic heterocycles. The van der Waals surface area contributed by atoms with Gasteiger partial charge < -0.3 is 13.9 Å². The maximum atomic E-state index is 11.4. The summed E-state index contributed by atoms with van der Waals surface area (Å²) in [4.78, 5) is 19.0. The van der Waals surface area contributed by atoms with Crippen LogP contribution in [0.15, 0.2) is 37.9 Å². The lowest BCUT2D eigenvalue weighted by Crippen LogP contribution is -2.04. The van der Waals surface area contributed by atoms with Gasteiger partial charge in [-0.1, -0.05) is 36.7 Å². The van der Waals surface area contributed by atoms with E-state index >= 15 is 0 Å². The molecule has 0 unspecified atom stereocenters. The van der Waals surface area contributed by atoms with Crippen LogP contribution in [0.2, 0.25) is 0 Å². The number of rotatable bonds is 5. The molecule has 156 valence electrons. The van der Waals surface area contributed by atoms with E-state index in [1.165, 1.54) is 19.3 Å². The molecular formula is C23H24N2O4S. The van der Waals surface area contributed by atoms with Gasteiger partial charge in [-0.2, -0.15) is 0 Å². The quantitative estimate of drug-likeness (QED) is 0.447. The van der Waals surface area contributed by atoms with Gasteiger partial charge in [-0.25, -0.2) is 4.98 Å². The molecule has 0 radical (unpaired) electrons. The van der Waals surface area contributed by atoms with Crippen molar-refractivity contribution in [1.29, 1.82) is 0 Å². The Kier molecular flexibility index (Phi) is 4.98. The Hall–Kier alpha value is -2.80. The standard InChI is InChI=1S/C23H24N2O4S/c1-13-18(24-22(28-13)15-5-3-2-4-6-15)12-17-11-16-9-14(7-8-19(16)29-17)10-20-21(26)25-23(27)30-20/h7-9,11,15,26H,2-6,10,12H2,1H3,(H,25,27). The van der Waals surface area contributed by atoms with Crippen molar-refractivity contribution in [3.8, 4) is 5.88 Å². The SMILES string of the molecule is Cc1oc(C2CCCCC2)nc1Cc1cc2cc(Cc3sc(=O)[nH]c3O)ccc2o1. The highest BCUT2D eigenvalue weighted by atomic mass is 32.1. The number of H-pyrrole nitrogens is 1. The van der Waals surface area contributed by atoms with Gasteiger partial charge in [0.2, 0.25) is 5.88 Å². The summed E-state index contributed by atoms with van der Waals surface area (Å²) in [7, 11) is 0. The second kappa shape index (κ2) is 7.80. The molecule has 0 spiro atoms. The van der Waals surface area contributed by atoms with Crippen LogP contribution in [0.3, 0.4) is 0 Å². The first-order valence-corrected chi connectivity index (χ1v) is 11.3. The van der Waals surface area contributed by atoms with Crippen molar-refractivity contribution in [1.82, 2.24) is 9.97 Å². The Balaban J connectivity index is 1.36. The molecule has 0 saturated heterocycles. The Morgan fingerprint density at radius 2 is 2.00 bits per heavy atom. The van der Waals surface area contributed by atoms with Crippen molar-refractivity contribution in [3.05, 3.63) is 67.5 Å². The molecule has 1 aromatic carbocycles. The normalized spacial score (nSPS) is 15.2. The number of benzene rings is 1. The number of nitrogens with one attached hydrogen (secondary N) is 1. The predicted molar refractivity (Wildman–Crippen MR) is 115 cm³/mol. The Morgan fingerprint density at radius 3 is 2.77 bits per heavy atom. The minimum absolute atomic E-state index is 0.0479. The zero-order valence-corrected chi connectivity index (χ0v) is 17.7.